The summed E-state index contributed by atoms with van der Waals surface area (Å²) in [6.45, 7) is 9.13. The first-order valence-electron chi connectivity index (χ1n) is 12.1. The van der Waals surface area contributed by atoms with E-state index in [0.717, 1.165) is 46.5 Å². The Morgan fingerprint density at radius 1 is 1.32 bits per heavy atom. The van der Waals surface area contributed by atoms with Crippen molar-refractivity contribution in [3.63, 3.8) is 0 Å². The second-order valence-electron chi connectivity index (χ2n) is 9.12. The molecule has 4 N–H and O–H groups in total. The van der Waals surface area contributed by atoms with Gasteiger partial charge in [-0.15, -0.1) is 12.6 Å². The monoisotopic (exact) mass is 546 g/mol. The van der Waals surface area contributed by atoms with E-state index in [1.165, 1.54) is 6.08 Å². The number of likely N-dealkylation sites (tertiary alicyclic amines) is 1. The smallest absolute Gasteiger partial charge is 0.414 e. The van der Waals surface area contributed by atoms with Crippen molar-refractivity contribution in [1.29, 1.82) is 0 Å². The van der Waals surface area contributed by atoms with E-state index in [4.69, 9.17) is 37.2 Å². The minimum absolute atomic E-state index is 0.261. The zero-order chi connectivity index (χ0) is 28.2. The number of ether oxygens (including phenoxy) is 1. The quantitative estimate of drug-likeness (QED) is 0.171. The maximum Gasteiger partial charge on any atom is 0.414 e. The van der Waals surface area contributed by atoms with Crippen LogP contribution in [0.1, 0.15) is 26.7 Å². The zero-order valence-corrected chi connectivity index (χ0v) is 22.4. The highest BCUT2D eigenvalue weighted by Gasteiger charge is 2.28. The van der Waals surface area contributed by atoms with Crippen molar-refractivity contribution in [1.82, 2.24) is 9.88 Å². The molecule has 3 atom stereocenters. The van der Waals surface area contributed by atoms with Gasteiger partial charge >= 0.3 is 11.9 Å². The number of thiol groups is 1. The number of H-pyrrole nitrogens is 1. The van der Waals surface area contributed by atoms with E-state index >= 15 is 0 Å². The van der Waals surface area contributed by atoms with Crippen molar-refractivity contribution in [2.45, 2.75) is 38.8 Å². The van der Waals surface area contributed by atoms with E-state index in [9.17, 15) is 9.50 Å². The van der Waals surface area contributed by atoms with Gasteiger partial charge in [-0.3, -0.25) is 4.90 Å². The molecule has 0 radical (unpaired) electrons. The number of aliphatic hydroxyl groups is 1. The predicted octanol–water partition coefficient (Wildman–Crippen LogP) is 4.96. The molecule has 2 aromatic rings. The van der Waals surface area contributed by atoms with Crippen LogP contribution >= 0.6 is 12.6 Å². The van der Waals surface area contributed by atoms with Crippen molar-refractivity contribution in [2.24, 2.45) is 5.92 Å². The van der Waals surface area contributed by atoms with Crippen molar-refractivity contribution in [3.05, 3.63) is 77.7 Å². The molecule has 1 fully saturated rings. The summed E-state index contributed by atoms with van der Waals surface area (Å²) in [5.41, 5.74) is 2.05. The number of aliphatic hydroxyl groups excluding tert-OH is 1. The molecule has 1 aliphatic rings. The predicted molar refractivity (Wildman–Crippen MR) is 149 cm³/mol. The third-order valence-corrected chi connectivity index (χ3v) is 6.55. The van der Waals surface area contributed by atoms with Crippen molar-refractivity contribution >= 4 is 35.5 Å². The fourth-order valence-corrected chi connectivity index (χ4v) is 4.59. The number of hydrogen-bond donors (Lipinski definition) is 5. The third-order valence-electron chi connectivity index (χ3n) is 6.06. The number of carboxylic acids is 2. The number of aromatic amines is 1. The van der Waals surface area contributed by atoms with Gasteiger partial charge in [-0.25, -0.2) is 14.0 Å². The summed E-state index contributed by atoms with van der Waals surface area (Å²) in [5.74, 6) is -2.94. The number of aliphatic carboxylic acids is 2. The number of benzene rings is 1. The van der Waals surface area contributed by atoms with Crippen molar-refractivity contribution < 1.29 is 34.0 Å². The molecule has 1 saturated heterocycles. The molecule has 1 aliphatic heterocycles. The summed E-state index contributed by atoms with van der Waals surface area (Å²) >= 11 is 4.73. The molecule has 1 aromatic heterocycles. The fraction of sp³-hybridized carbons (Fsp3) is 0.357. The average Bonchev–Trinajstić information content (AvgIpc) is 3.33. The lowest BCUT2D eigenvalue weighted by Crippen LogP contribution is -2.45. The molecule has 38 heavy (non-hydrogen) atoms. The van der Waals surface area contributed by atoms with Crippen LogP contribution in [0.5, 0.6) is 5.75 Å². The first-order chi connectivity index (χ1) is 18.0. The molecule has 0 amide bonds. The van der Waals surface area contributed by atoms with Crippen LogP contribution in [0.2, 0.25) is 0 Å². The highest BCUT2D eigenvalue weighted by molar-refractivity contribution is 7.84. The molecule has 0 spiro atoms. The summed E-state index contributed by atoms with van der Waals surface area (Å²) in [4.78, 5) is 24.7. The minimum Gasteiger partial charge on any atom is -0.490 e. The minimum atomic E-state index is -1.82. The molecule has 2 heterocycles. The van der Waals surface area contributed by atoms with Crippen molar-refractivity contribution in [2.75, 3.05) is 19.7 Å². The van der Waals surface area contributed by atoms with E-state index in [-0.39, 0.29) is 6.61 Å². The second kappa shape index (κ2) is 15.2. The van der Waals surface area contributed by atoms with Gasteiger partial charge in [0.15, 0.2) is 0 Å². The number of nitrogens with zero attached hydrogens (tertiary/aromatic N) is 1. The zero-order valence-electron chi connectivity index (χ0n) is 21.5. The van der Waals surface area contributed by atoms with E-state index in [1.807, 2.05) is 49.5 Å². The molecule has 0 bridgehead atoms. The highest BCUT2D eigenvalue weighted by atomic mass is 32.1. The number of rotatable bonds is 9. The number of carboxylic acid groups (broad SMARTS) is 2. The molecule has 206 valence electrons. The lowest BCUT2D eigenvalue weighted by molar-refractivity contribution is -0.159. The number of halogens is 1. The number of aromatic nitrogens is 1. The van der Waals surface area contributed by atoms with Crippen LogP contribution in [-0.2, 0) is 9.59 Å². The summed E-state index contributed by atoms with van der Waals surface area (Å²) in [5, 5.41) is 26.4. The van der Waals surface area contributed by atoms with Crippen LogP contribution in [0.3, 0.4) is 0 Å². The van der Waals surface area contributed by atoms with Gasteiger partial charge in [0.25, 0.3) is 0 Å². The largest absolute Gasteiger partial charge is 0.490 e. The lowest BCUT2D eigenvalue weighted by atomic mass is 9.90. The number of hydrogen-bond acceptors (Lipinski definition) is 6. The van der Waals surface area contributed by atoms with Crippen LogP contribution in [0.4, 0.5) is 4.39 Å². The summed E-state index contributed by atoms with van der Waals surface area (Å²) < 4.78 is 18.6. The molecule has 3 rings (SSSR count). The van der Waals surface area contributed by atoms with Crippen LogP contribution in [0.25, 0.3) is 10.9 Å². The van der Waals surface area contributed by atoms with Crippen LogP contribution < -0.4 is 4.74 Å². The molecule has 8 nitrogen and oxygen atoms in total. The van der Waals surface area contributed by atoms with E-state index in [1.54, 1.807) is 6.08 Å². The number of carbonyl (C=O) groups is 2. The SMILES string of the molecule is C=C(F)\C=C/C=C(C)/C=C(\S)[C@H]1CCN(CC(O)COc2cccc3[nH]ccc23)[C@@H](C)C1.O=C(O)C(=O)O. The Morgan fingerprint density at radius 3 is 2.66 bits per heavy atom. The molecule has 1 aromatic carbocycles. The molecule has 0 saturated carbocycles. The Bertz CT molecular complexity index is 1190. The summed E-state index contributed by atoms with van der Waals surface area (Å²) in [6.07, 6.45) is 10.2. The van der Waals surface area contributed by atoms with Crippen LogP contribution in [-0.4, -0.2) is 69.0 Å². The standard InChI is InChI=1S/C26H33FN2O2S.C2H2O4/c1-18(6-4-7-19(2)27)14-26(32)21-11-13-29(20(3)15-21)16-22(30)17-31-25-9-5-8-24-23(25)10-12-28-24;3-1(4)2(5)6/h4-10,12,14,20-22,28,30,32H,2,11,13,15-17H2,1,3H3;(H,3,4)(H,5,6)/b7-4-,18-6+,26-14-;/t20-,21-,22?;/m0./s1. The Hall–Kier alpha value is -3.34. The van der Waals surface area contributed by atoms with Gasteiger partial charge in [0.05, 0.1) is 0 Å². The Morgan fingerprint density at radius 2 is 2.03 bits per heavy atom. The van der Waals surface area contributed by atoms with Crippen LogP contribution in [0.15, 0.2) is 77.7 Å². The molecule has 0 aliphatic carbocycles. The molecule has 10 heteroatoms. The average molecular weight is 547 g/mol. The van der Waals surface area contributed by atoms with Gasteiger partial charge in [-0.1, -0.05) is 30.4 Å². The first-order valence-corrected chi connectivity index (χ1v) is 12.6. The third kappa shape index (κ3) is 10.2. The number of nitrogens with one attached hydrogen (secondary N) is 1. The van der Waals surface area contributed by atoms with E-state index in [0.29, 0.717) is 18.5 Å². The normalized spacial score (nSPS) is 19.6. The Kier molecular flexibility index (Phi) is 12.3. The maximum atomic E-state index is 12.7. The Labute approximate surface area is 227 Å². The molecular weight excluding hydrogens is 511 g/mol. The van der Waals surface area contributed by atoms with Gasteiger partial charge in [-0.05, 0) is 74.4 Å². The number of fused-ring (bicyclic) bond motifs is 1. The van der Waals surface area contributed by atoms with Crippen molar-refractivity contribution in [3.8, 4) is 5.75 Å². The van der Waals surface area contributed by atoms with Gasteiger partial charge in [0.2, 0.25) is 0 Å². The van der Waals surface area contributed by atoms with Crippen LogP contribution in [0, 0.1) is 5.92 Å². The number of allylic oxidation sites excluding steroid dienone is 7. The number of β-amino-alcohol motifs (C(OH)–C–C–N with tert-alkyl or cyclic N) is 1. The summed E-state index contributed by atoms with van der Waals surface area (Å²) in [7, 11) is 0. The lowest BCUT2D eigenvalue weighted by Gasteiger charge is -2.38. The Balaban J connectivity index is 0.000000757. The molecular formula is C28H35FN2O6S. The van der Waals surface area contributed by atoms with E-state index < -0.39 is 23.9 Å². The highest BCUT2D eigenvalue weighted by Crippen LogP contribution is 2.31. The molecule has 1 unspecified atom stereocenters. The van der Waals surface area contributed by atoms with Gasteiger partial charge in [0.1, 0.15) is 24.3 Å². The number of piperidine rings is 1. The van der Waals surface area contributed by atoms with Gasteiger partial charge in [0, 0.05) is 29.7 Å². The first kappa shape index (κ1) is 30.9. The van der Waals surface area contributed by atoms with Gasteiger partial charge < -0.3 is 25.0 Å². The second-order valence-corrected chi connectivity index (χ2v) is 9.64. The topological polar surface area (TPSA) is 123 Å². The van der Waals surface area contributed by atoms with Gasteiger partial charge in [-0.2, -0.15) is 0 Å². The fourth-order valence-electron chi connectivity index (χ4n) is 4.16. The summed E-state index contributed by atoms with van der Waals surface area (Å²) in [6, 6.07) is 8.20. The maximum absolute atomic E-state index is 12.7. The van der Waals surface area contributed by atoms with E-state index in [2.05, 4.69) is 23.4 Å².